The Hall–Kier alpha value is -2.92. The van der Waals surface area contributed by atoms with E-state index in [1.165, 1.54) is 16.7 Å². The fraction of sp³-hybridized carbons (Fsp3) is 0.360. The molecule has 4 rings (SSSR count). The molecule has 0 aliphatic carbocycles. The maximum atomic E-state index is 12.1. The van der Waals surface area contributed by atoms with Crippen LogP contribution in [0.25, 0.3) is 0 Å². The summed E-state index contributed by atoms with van der Waals surface area (Å²) >= 11 is 0. The molecule has 156 valence electrons. The number of nitrogens with one attached hydrogen (secondary N) is 1. The number of hydrogen-bond acceptors (Lipinski definition) is 4. The van der Waals surface area contributed by atoms with Crippen LogP contribution in [-0.4, -0.2) is 35.1 Å². The van der Waals surface area contributed by atoms with E-state index in [1.54, 1.807) is 0 Å². The van der Waals surface area contributed by atoms with Crippen molar-refractivity contribution in [3.63, 3.8) is 0 Å². The minimum atomic E-state index is 0.0316. The summed E-state index contributed by atoms with van der Waals surface area (Å²) in [6.07, 6.45) is 1.33. The van der Waals surface area contributed by atoms with E-state index in [0.29, 0.717) is 6.42 Å². The van der Waals surface area contributed by atoms with Crippen LogP contribution < -0.4 is 5.32 Å². The van der Waals surface area contributed by atoms with Crippen LogP contribution in [0.5, 0.6) is 0 Å². The molecule has 1 aromatic heterocycles. The molecule has 0 saturated carbocycles. The summed E-state index contributed by atoms with van der Waals surface area (Å²) in [5.41, 5.74) is 4.56. The van der Waals surface area contributed by atoms with Crippen molar-refractivity contribution in [1.82, 2.24) is 15.4 Å². The standard InChI is InChI=1S/C25H29N3O2/c1-18(2)26-23(29)14-16-28-15-13-22-21(17-28)25(27-30-22)24(19-9-5-3-6-10-19)20-11-7-4-8-12-20/h3-12,18,24H,13-17H2,1-2H3,(H,26,29). The third-order valence-corrected chi connectivity index (χ3v) is 5.58. The molecule has 1 N–H and O–H groups in total. The first-order chi connectivity index (χ1) is 14.6. The van der Waals surface area contributed by atoms with Gasteiger partial charge in [-0.3, -0.25) is 9.69 Å². The Labute approximate surface area is 178 Å². The molecule has 2 heterocycles. The molecule has 0 radical (unpaired) electrons. The number of hydrogen-bond donors (Lipinski definition) is 1. The van der Waals surface area contributed by atoms with Gasteiger partial charge in [0.15, 0.2) is 0 Å². The zero-order chi connectivity index (χ0) is 20.9. The van der Waals surface area contributed by atoms with E-state index >= 15 is 0 Å². The minimum Gasteiger partial charge on any atom is -0.361 e. The summed E-state index contributed by atoms with van der Waals surface area (Å²) in [6.45, 7) is 6.37. The molecule has 0 unspecified atom stereocenters. The van der Waals surface area contributed by atoms with E-state index in [4.69, 9.17) is 4.52 Å². The van der Waals surface area contributed by atoms with Crippen molar-refractivity contribution in [2.45, 2.75) is 45.2 Å². The van der Waals surface area contributed by atoms with Gasteiger partial charge in [-0.1, -0.05) is 65.8 Å². The zero-order valence-electron chi connectivity index (χ0n) is 17.7. The molecule has 1 aliphatic rings. The first-order valence-corrected chi connectivity index (χ1v) is 10.7. The van der Waals surface area contributed by atoms with Crippen molar-refractivity contribution in [1.29, 1.82) is 0 Å². The summed E-state index contributed by atoms with van der Waals surface area (Å²) in [5, 5.41) is 7.51. The van der Waals surface area contributed by atoms with Crippen molar-refractivity contribution in [2.24, 2.45) is 0 Å². The summed E-state index contributed by atoms with van der Waals surface area (Å²) in [6, 6.07) is 21.1. The van der Waals surface area contributed by atoms with E-state index in [9.17, 15) is 4.79 Å². The second-order valence-corrected chi connectivity index (χ2v) is 8.22. The second kappa shape index (κ2) is 9.26. The topological polar surface area (TPSA) is 58.4 Å². The number of nitrogens with zero attached hydrogens (tertiary/aromatic N) is 2. The number of carbonyl (C=O) groups excluding carboxylic acids is 1. The Morgan fingerprint density at radius 3 is 2.30 bits per heavy atom. The molecule has 3 aromatic rings. The molecule has 2 aromatic carbocycles. The number of fused-ring (bicyclic) bond motifs is 1. The van der Waals surface area contributed by atoms with Gasteiger partial charge in [0, 0.05) is 44.1 Å². The summed E-state index contributed by atoms with van der Waals surface area (Å²) in [5.74, 6) is 1.11. The Morgan fingerprint density at radius 2 is 1.70 bits per heavy atom. The van der Waals surface area contributed by atoms with E-state index in [2.05, 4.69) is 63.9 Å². The SMILES string of the molecule is CC(C)NC(=O)CCN1CCc2onc(C(c3ccccc3)c3ccccc3)c2C1. The molecular weight excluding hydrogens is 374 g/mol. The van der Waals surface area contributed by atoms with Crippen LogP contribution in [0.1, 0.15) is 54.3 Å². The maximum Gasteiger partial charge on any atom is 0.221 e. The Balaban J connectivity index is 1.59. The lowest BCUT2D eigenvalue weighted by Gasteiger charge is -2.27. The first-order valence-electron chi connectivity index (χ1n) is 10.7. The molecule has 0 spiro atoms. The molecule has 5 nitrogen and oxygen atoms in total. The normalized spacial score (nSPS) is 14.1. The van der Waals surface area contributed by atoms with Crippen LogP contribution in [0.15, 0.2) is 65.2 Å². The van der Waals surface area contributed by atoms with Crippen LogP contribution >= 0.6 is 0 Å². The lowest BCUT2D eigenvalue weighted by atomic mass is 9.85. The number of carbonyl (C=O) groups is 1. The van der Waals surface area contributed by atoms with Gasteiger partial charge in [0.05, 0.1) is 5.92 Å². The fourth-order valence-corrected chi connectivity index (χ4v) is 4.16. The van der Waals surface area contributed by atoms with Crippen molar-refractivity contribution in [2.75, 3.05) is 13.1 Å². The number of amides is 1. The first kappa shape index (κ1) is 20.4. The van der Waals surface area contributed by atoms with Crippen molar-refractivity contribution in [3.8, 4) is 0 Å². The fourth-order valence-electron chi connectivity index (χ4n) is 4.16. The average molecular weight is 404 g/mol. The van der Waals surface area contributed by atoms with Crippen LogP contribution in [-0.2, 0) is 17.8 Å². The number of rotatable bonds is 7. The highest BCUT2D eigenvalue weighted by Gasteiger charge is 2.30. The molecule has 5 heteroatoms. The minimum absolute atomic E-state index is 0.0316. The summed E-state index contributed by atoms with van der Waals surface area (Å²) in [4.78, 5) is 14.4. The Bertz CT molecular complexity index is 927. The molecule has 1 aliphatic heterocycles. The quantitative estimate of drug-likeness (QED) is 0.644. The maximum absolute atomic E-state index is 12.1. The van der Waals surface area contributed by atoms with Crippen molar-refractivity contribution >= 4 is 5.91 Å². The van der Waals surface area contributed by atoms with E-state index in [0.717, 1.165) is 37.5 Å². The lowest BCUT2D eigenvalue weighted by Crippen LogP contribution is -2.36. The highest BCUT2D eigenvalue weighted by Crippen LogP contribution is 2.36. The lowest BCUT2D eigenvalue weighted by molar-refractivity contribution is -0.121. The van der Waals surface area contributed by atoms with E-state index in [1.807, 2.05) is 26.0 Å². The molecular formula is C25H29N3O2. The van der Waals surface area contributed by atoms with Gasteiger partial charge in [-0.05, 0) is 25.0 Å². The largest absolute Gasteiger partial charge is 0.361 e. The van der Waals surface area contributed by atoms with Gasteiger partial charge in [0.25, 0.3) is 0 Å². The molecule has 0 bridgehead atoms. The average Bonchev–Trinajstić information content (AvgIpc) is 3.17. The Kier molecular flexibility index (Phi) is 6.29. The van der Waals surface area contributed by atoms with Gasteiger partial charge < -0.3 is 9.84 Å². The van der Waals surface area contributed by atoms with Crippen molar-refractivity contribution < 1.29 is 9.32 Å². The van der Waals surface area contributed by atoms with Gasteiger partial charge in [0.2, 0.25) is 5.91 Å². The highest BCUT2D eigenvalue weighted by atomic mass is 16.5. The predicted molar refractivity (Wildman–Crippen MR) is 117 cm³/mol. The monoisotopic (exact) mass is 403 g/mol. The summed E-state index contributed by atoms with van der Waals surface area (Å²) < 4.78 is 5.78. The van der Waals surface area contributed by atoms with Gasteiger partial charge in [-0.2, -0.15) is 0 Å². The van der Waals surface area contributed by atoms with Gasteiger partial charge >= 0.3 is 0 Å². The number of aromatic nitrogens is 1. The van der Waals surface area contributed by atoms with E-state index < -0.39 is 0 Å². The second-order valence-electron chi connectivity index (χ2n) is 8.22. The highest BCUT2D eigenvalue weighted by molar-refractivity contribution is 5.76. The third-order valence-electron chi connectivity index (χ3n) is 5.58. The van der Waals surface area contributed by atoms with Crippen LogP contribution in [0.2, 0.25) is 0 Å². The molecule has 30 heavy (non-hydrogen) atoms. The molecule has 0 atom stereocenters. The Morgan fingerprint density at radius 1 is 1.07 bits per heavy atom. The number of benzene rings is 2. The van der Waals surface area contributed by atoms with Gasteiger partial charge in [0.1, 0.15) is 11.5 Å². The van der Waals surface area contributed by atoms with Crippen LogP contribution in [0, 0.1) is 0 Å². The zero-order valence-corrected chi connectivity index (χ0v) is 17.7. The molecule has 0 fully saturated rings. The van der Waals surface area contributed by atoms with E-state index in [-0.39, 0.29) is 17.9 Å². The third kappa shape index (κ3) is 4.62. The van der Waals surface area contributed by atoms with Crippen molar-refractivity contribution in [3.05, 3.63) is 88.8 Å². The van der Waals surface area contributed by atoms with Crippen LogP contribution in [0.4, 0.5) is 0 Å². The van der Waals surface area contributed by atoms with Gasteiger partial charge in [-0.15, -0.1) is 0 Å². The smallest absolute Gasteiger partial charge is 0.221 e. The molecule has 1 amide bonds. The van der Waals surface area contributed by atoms with Crippen LogP contribution in [0.3, 0.4) is 0 Å². The summed E-state index contributed by atoms with van der Waals surface area (Å²) in [7, 11) is 0. The van der Waals surface area contributed by atoms with Gasteiger partial charge in [-0.25, -0.2) is 0 Å². The predicted octanol–water partition coefficient (Wildman–Crippen LogP) is 4.13. The molecule has 0 saturated heterocycles.